The zero-order chi connectivity index (χ0) is 16.1. The fourth-order valence-corrected chi connectivity index (χ4v) is 2.86. The van der Waals surface area contributed by atoms with Crippen LogP contribution in [0.3, 0.4) is 0 Å². The third-order valence-electron chi connectivity index (χ3n) is 3.74. The Morgan fingerprint density at radius 1 is 1.41 bits per heavy atom. The number of hydrogen-bond acceptors (Lipinski definition) is 5. The number of carbonyl (C=O) groups is 1. The highest BCUT2D eigenvalue weighted by atomic mass is 16.5. The van der Waals surface area contributed by atoms with Gasteiger partial charge in [-0.25, -0.2) is 9.97 Å². The third-order valence-corrected chi connectivity index (χ3v) is 3.74. The van der Waals surface area contributed by atoms with Crippen molar-refractivity contribution in [3.05, 3.63) is 23.8 Å². The number of carbonyl (C=O) groups excluding carboxylic acids is 1. The van der Waals surface area contributed by atoms with E-state index in [0.29, 0.717) is 12.1 Å². The number of aromatic nitrogens is 2. The molecule has 1 aromatic heterocycles. The molecule has 1 fully saturated rings. The SMILES string of the molecule is CC1CN(CCNC(=O)c2cncnc2C(C)C)CC(C)O1. The number of ether oxygens (including phenoxy) is 1. The number of nitrogens with zero attached hydrogens (tertiary/aromatic N) is 3. The smallest absolute Gasteiger partial charge is 0.254 e. The number of rotatable bonds is 5. The molecule has 2 atom stereocenters. The second-order valence-electron chi connectivity index (χ2n) is 6.25. The molecule has 1 aliphatic heterocycles. The maximum atomic E-state index is 12.3. The Kier molecular flexibility index (Phi) is 5.85. The van der Waals surface area contributed by atoms with Gasteiger partial charge in [0.25, 0.3) is 5.91 Å². The van der Waals surface area contributed by atoms with Crippen molar-refractivity contribution in [2.24, 2.45) is 0 Å². The van der Waals surface area contributed by atoms with E-state index < -0.39 is 0 Å². The lowest BCUT2D eigenvalue weighted by Crippen LogP contribution is -2.47. The zero-order valence-electron chi connectivity index (χ0n) is 13.9. The normalized spacial score (nSPS) is 22.8. The van der Waals surface area contributed by atoms with Crippen LogP contribution in [0, 0.1) is 0 Å². The lowest BCUT2D eigenvalue weighted by atomic mass is 10.0. The van der Waals surface area contributed by atoms with Crippen LogP contribution in [0.1, 0.15) is 49.7 Å². The molecule has 0 radical (unpaired) electrons. The van der Waals surface area contributed by atoms with Crippen LogP contribution >= 0.6 is 0 Å². The molecule has 6 heteroatoms. The highest BCUT2D eigenvalue weighted by Gasteiger charge is 2.22. The first-order valence-corrected chi connectivity index (χ1v) is 7.93. The van der Waals surface area contributed by atoms with Crippen LogP contribution in [0.25, 0.3) is 0 Å². The Balaban J connectivity index is 1.86. The van der Waals surface area contributed by atoms with E-state index in [4.69, 9.17) is 4.74 Å². The number of amides is 1. The maximum Gasteiger partial charge on any atom is 0.254 e. The molecule has 1 N–H and O–H groups in total. The molecule has 2 heterocycles. The van der Waals surface area contributed by atoms with Gasteiger partial charge in [0.05, 0.1) is 23.5 Å². The van der Waals surface area contributed by atoms with Crippen molar-refractivity contribution < 1.29 is 9.53 Å². The Bertz CT molecular complexity index is 497. The van der Waals surface area contributed by atoms with Gasteiger partial charge in [0.2, 0.25) is 0 Å². The summed E-state index contributed by atoms with van der Waals surface area (Å²) in [6.45, 7) is 11.5. The third kappa shape index (κ3) is 4.48. The van der Waals surface area contributed by atoms with Crippen molar-refractivity contribution in [2.45, 2.75) is 45.8 Å². The predicted molar refractivity (Wildman–Crippen MR) is 84.9 cm³/mol. The fraction of sp³-hybridized carbons (Fsp3) is 0.688. The fourth-order valence-electron chi connectivity index (χ4n) is 2.86. The van der Waals surface area contributed by atoms with E-state index in [1.165, 1.54) is 6.33 Å². The highest BCUT2D eigenvalue weighted by molar-refractivity contribution is 5.95. The largest absolute Gasteiger partial charge is 0.373 e. The summed E-state index contributed by atoms with van der Waals surface area (Å²) in [5.74, 6) is 0.100. The van der Waals surface area contributed by atoms with Crippen molar-refractivity contribution >= 4 is 5.91 Å². The summed E-state index contributed by atoms with van der Waals surface area (Å²) in [6.07, 6.45) is 3.57. The van der Waals surface area contributed by atoms with E-state index in [1.807, 2.05) is 13.8 Å². The summed E-state index contributed by atoms with van der Waals surface area (Å²) in [6, 6.07) is 0. The molecule has 22 heavy (non-hydrogen) atoms. The summed E-state index contributed by atoms with van der Waals surface area (Å²) in [4.78, 5) is 22.8. The summed E-state index contributed by atoms with van der Waals surface area (Å²) in [5, 5.41) is 2.97. The van der Waals surface area contributed by atoms with Crippen LogP contribution in [-0.4, -0.2) is 59.2 Å². The van der Waals surface area contributed by atoms with Gasteiger partial charge in [-0.1, -0.05) is 13.8 Å². The van der Waals surface area contributed by atoms with Crippen LogP contribution in [0.5, 0.6) is 0 Å². The standard InChI is InChI=1S/C16H26N4O2/c1-11(2)15-14(7-17-10-19-15)16(21)18-5-6-20-8-12(3)22-13(4)9-20/h7,10-13H,5-6,8-9H2,1-4H3,(H,18,21). The summed E-state index contributed by atoms with van der Waals surface area (Å²) in [7, 11) is 0. The molecule has 122 valence electrons. The van der Waals surface area contributed by atoms with E-state index in [2.05, 4.69) is 34.0 Å². The Hall–Kier alpha value is -1.53. The molecule has 0 saturated carbocycles. The van der Waals surface area contributed by atoms with Crippen molar-refractivity contribution in [3.8, 4) is 0 Å². The molecule has 1 amide bonds. The van der Waals surface area contributed by atoms with Gasteiger partial charge in [-0.05, 0) is 19.8 Å². The van der Waals surface area contributed by atoms with Crippen molar-refractivity contribution in [2.75, 3.05) is 26.2 Å². The minimum atomic E-state index is -0.0985. The first-order valence-electron chi connectivity index (χ1n) is 7.93. The minimum absolute atomic E-state index is 0.0985. The quantitative estimate of drug-likeness (QED) is 0.891. The van der Waals surface area contributed by atoms with E-state index in [1.54, 1.807) is 6.20 Å². The molecule has 0 spiro atoms. The Morgan fingerprint density at radius 3 is 2.73 bits per heavy atom. The predicted octanol–water partition coefficient (Wildman–Crippen LogP) is 1.44. The minimum Gasteiger partial charge on any atom is -0.373 e. The van der Waals surface area contributed by atoms with Gasteiger partial charge in [-0.3, -0.25) is 9.69 Å². The molecular weight excluding hydrogens is 280 g/mol. The monoisotopic (exact) mass is 306 g/mol. The van der Waals surface area contributed by atoms with E-state index in [0.717, 1.165) is 25.3 Å². The molecule has 0 bridgehead atoms. The van der Waals surface area contributed by atoms with Gasteiger partial charge in [0.15, 0.2) is 0 Å². The van der Waals surface area contributed by atoms with Crippen LogP contribution in [0.4, 0.5) is 0 Å². The molecule has 2 rings (SSSR count). The highest BCUT2D eigenvalue weighted by Crippen LogP contribution is 2.15. The topological polar surface area (TPSA) is 67.4 Å². The summed E-state index contributed by atoms with van der Waals surface area (Å²) in [5.41, 5.74) is 1.36. The second-order valence-corrected chi connectivity index (χ2v) is 6.25. The molecule has 1 saturated heterocycles. The van der Waals surface area contributed by atoms with Crippen LogP contribution in [-0.2, 0) is 4.74 Å². The lowest BCUT2D eigenvalue weighted by molar-refractivity contribution is -0.0672. The number of nitrogens with one attached hydrogen (secondary N) is 1. The molecule has 2 unspecified atom stereocenters. The van der Waals surface area contributed by atoms with Crippen molar-refractivity contribution in [1.29, 1.82) is 0 Å². The van der Waals surface area contributed by atoms with E-state index in [-0.39, 0.29) is 24.0 Å². The van der Waals surface area contributed by atoms with Crippen LogP contribution in [0.15, 0.2) is 12.5 Å². The van der Waals surface area contributed by atoms with Gasteiger partial charge in [-0.15, -0.1) is 0 Å². The van der Waals surface area contributed by atoms with Gasteiger partial charge in [-0.2, -0.15) is 0 Å². The lowest BCUT2D eigenvalue weighted by Gasteiger charge is -2.35. The zero-order valence-corrected chi connectivity index (χ0v) is 13.9. The van der Waals surface area contributed by atoms with Gasteiger partial charge in [0, 0.05) is 32.4 Å². The summed E-state index contributed by atoms with van der Waals surface area (Å²) < 4.78 is 5.71. The van der Waals surface area contributed by atoms with Crippen LogP contribution in [0.2, 0.25) is 0 Å². The van der Waals surface area contributed by atoms with Gasteiger partial charge in [0.1, 0.15) is 6.33 Å². The molecular formula is C16H26N4O2. The molecule has 0 aromatic carbocycles. The number of morpholine rings is 1. The van der Waals surface area contributed by atoms with Gasteiger partial charge < -0.3 is 10.1 Å². The van der Waals surface area contributed by atoms with Crippen LogP contribution < -0.4 is 5.32 Å². The van der Waals surface area contributed by atoms with E-state index >= 15 is 0 Å². The van der Waals surface area contributed by atoms with Gasteiger partial charge >= 0.3 is 0 Å². The molecule has 1 aromatic rings. The van der Waals surface area contributed by atoms with E-state index in [9.17, 15) is 4.79 Å². The maximum absolute atomic E-state index is 12.3. The first-order chi connectivity index (χ1) is 10.5. The Morgan fingerprint density at radius 2 is 2.09 bits per heavy atom. The molecule has 6 nitrogen and oxygen atoms in total. The second kappa shape index (κ2) is 7.65. The first kappa shape index (κ1) is 16.8. The van der Waals surface area contributed by atoms with Crippen molar-refractivity contribution in [1.82, 2.24) is 20.2 Å². The summed E-state index contributed by atoms with van der Waals surface area (Å²) >= 11 is 0. The average Bonchev–Trinajstić information content (AvgIpc) is 2.46. The number of hydrogen-bond donors (Lipinski definition) is 1. The molecule has 0 aliphatic carbocycles. The average molecular weight is 306 g/mol. The molecule has 1 aliphatic rings. The Labute approximate surface area is 132 Å². The van der Waals surface area contributed by atoms with Crippen molar-refractivity contribution in [3.63, 3.8) is 0 Å².